The molecular formula is C15H15N5OS2. The molecule has 4 rings (SSSR count). The predicted octanol–water partition coefficient (Wildman–Crippen LogP) is 2.94. The number of rotatable bonds is 5. The van der Waals surface area contributed by atoms with Gasteiger partial charge >= 0.3 is 0 Å². The molecule has 118 valence electrons. The molecule has 0 aromatic carbocycles. The lowest BCUT2D eigenvalue weighted by molar-refractivity contribution is 0.0957. The van der Waals surface area contributed by atoms with Crippen LogP contribution in [-0.4, -0.2) is 31.4 Å². The van der Waals surface area contributed by atoms with Crippen molar-refractivity contribution in [2.24, 2.45) is 0 Å². The number of fused-ring (bicyclic) bond motifs is 3. The number of hydrogen-bond donors (Lipinski definition) is 1. The largest absolute Gasteiger partial charge is 0.351 e. The lowest BCUT2D eigenvalue weighted by Gasteiger charge is -2.06. The fraction of sp³-hybridized carbons (Fsp3) is 0.267. The van der Waals surface area contributed by atoms with Gasteiger partial charge in [0.2, 0.25) is 0 Å². The van der Waals surface area contributed by atoms with E-state index in [1.54, 1.807) is 17.5 Å². The van der Waals surface area contributed by atoms with E-state index in [9.17, 15) is 4.79 Å². The maximum absolute atomic E-state index is 12.3. The Bertz CT molecular complexity index is 977. The van der Waals surface area contributed by atoms with Crippen LogP contribution in [0.2, 0.25) is 0 Å². The summed E-state index contributed by atoms with van der Waals surface area (Å²) in [4.78, 5) is 23.6. The Balaban J connectivity index is 1.38. The average Bonchev–Trinajstić information content (AvgIpc) is 3.25. The Hall–Kier alpha value is -2.19. The van der Waals surface area contributed by atoms with E-state index in [1.165, 1.54) is 11.3 Å². The summed E-state index contributed by atoms with van der Waals surface area (Å²) in [6, 6.07) is 1.92. The molecule has 6 nitrogen and oxygen atoms in total. The number of nitrogens with one attached hydrogen (secondary N) is 1. The van der Waals surface area contributed by atoms with Gasteiger partial charge in [0, 0.05) is 37.1 Å². The first-order chi connectivity index (χ1) is 11.2. The number of thiazole rings is 1. The number of nitrogens with zero attached hydrogens (tertiary/aromatic N) is 4. The second-order valence-corrected chi connectivity index (χ2v) is 7.15. The number of thiophene rings is 1. The summed E-state index contributed by atoms with van der Waals surface area (Å²) in [6.45, 7) is 3.48. The molecule has 0 aliphatic rings. The van der Waals surface area contributed by atoms with Crippen LogP contribution >= 0.6 is 22.7 Å². The summed E-state index contributed by atoms with van der Waals surface area (Å²) >= 11 is 3.04. The Labute approximate surface area is 140 Å². The second-order valence-electron chi connectivity index (χ2n) is 5.25. The van der Waals surface area contributed by atoms with Crippen molar-refractivity contribution in [1.82, 2.24) is 24.3 Å². The molecule has 0 atom stereocenters. The molecule has 4 aromatic heterocycles. The van der Waals surface area contributed by atoms with Gasteiger partial charge in [0.1, 0.15) is 10.7 Å². The topological polar surface area (TPSA) is 64.2 Å². The molecule has 0 fully saturated rings. The van der Waals surface area contributed by atoms with Crippen LogP contribution in [0.25, 0.3) is 15.3 Å². The molecule has 0 radical (unpaired) electrons. The first-order valence-corrected chi connectivity index (χ1v) is 9.03. The SMILES string of the molecule is Cc1nccn1CCCNC(=O)c1cc2c(nc3sccn32)s1. The fourth-order valence-corrected chi connectivity index (χ4v) is 4.25. The van der Waals surface area contributed by atoms with Gasteiger partial charge < -0.3 is 9.88 Å². The molecule has 8 heteroatoms. The van der Waals surface area contributed by atoms with E-state index in [2.05, 4.69) is 19.9 Å². The van der Waals surface area contributed by atoms with Gasteiger partial charge in [-0.2, -0.15) is 0 Å². The number of hydrogen-bond acceptors (Lipinski definition) is 5. The molecule has 0 bridgehead atoms. The summed E-state index contributed by atoms with van der Waals surface area (Å²) in [5.41, 5.74) is 1.01. The highest BCUT2D eigenvalue weighted by molar-refractivity contribution is 7.21. The van der Waals surface area contributed by atoms with E-state index >= 15 is 0 Å². The molecule has 1 N–H and O–H groups in total. The third kappa shape index (κ3) is 2.64. The zero-order valence-corrected chi connectivity index (χ0v) is 14.2. The van der Waals surface area contributed by atoms with Gasteiger partial charge in [0.05, 0.1) is 10.4 Å². The van der Waals surface area contributed by atoms with E-state index in [0.29, 0.717) is 11.4 Å². The van der Waals surface area contributed by atoms with E-state index < -0.39 is 0 Å². The predicted molar refractivity (Wildman–Crippen MR) is 92.4 cm³/mol. The number of aromatic nitrogens is 4. The third-order valence-electron chi connectivity index (χ3n) is 3.75. The first kappa shape index (κ1) is 14.4. The number of aryl methyl sites for hydroxylation is 2. The van der Waals surface area contributed by atoms with Crippen molar-refractivity contribution in [2.75, 3.05) is 6.54 Å². The van der Waals surface area contributed by atoms with Crippen LogP contribution in [0.5, 0.6) is 0 Å². The number of imidazole rings is 2. The monoisotopic (exact) mass is 345 g/mol. The Morgan fingerprint density at radius 1 is 1.39 bits per heavy atom. The van der Waals surface area contributed by atoms with E-state index in [4.69, 9.17) is 0 Å². The highest BCUT2D eigenvalue weighted by Gasteiger charge is 2.14. The van der Waals surface area contributed by atoms with E-state index in [-0.39, 0.29) is 5.91 Å². The minimum atomic E-state index is -0.0284. The van der Waals surface area contributed by atoms with Gasteiger partial charge in [-0.3, -0.25) is 9.20 Å². The maximum atomic E-state index is 12.3. The normalized spacial score (nSPS) is 11.5. The molecule has 0 saturated heterocycles. The van der Waals surface area contributed by atoms with Crippen LogP contribution in [0.4, 0.5) is 0 Å². The first-order valence-electron chi connectivity index (χ1n) is 7.33. The molecule has 1 amide bonds. The van der Waals surface area contributed by atoms with Crippen LogP contribution in [0.15, 0.2) is 30.0 Å². The highest BCUT2D eigenvalue weighted by atomic mass is 32.1. The van der Waals surface area contributed by atoms with Crippen LogP contribution < -0.4 is 5.32 Å². The van der Waals surface area contributed by atoms with Crippen LogP contribution in [0.1, 0.15) is 21.9 Å². The number of carbonyl (C=O) groups excluding carboxylic acids is 1. The van der Waals surface area contributed by atoms with Crippen molar-refractivity contribution in [1.29, 1.82) is 0 Å². The molecule has 4 heterocycles. The molecule has 0 aliphatic carbocycles. The van der Waals surface area contributed by atoms with Crippen molar-refractivity contribution in [3.05, 3.63) is 40.7 Å². The second kappa shape index (κ2) is 5.78. The van der Waals surface area contributed by atoms with Crippen molar-refractivity contribution >= 4 is 43.9 Å². The highest BCUT2D eigenvalue weighted by Crippen LogP contribution is 2.28. The van der Waals surface area contributed by atoms with Crippen LogP contribution in [0.3, 0.4) is 0 Å². The lowest BCUT2D eigenvalue weighted by Crippen LogP contribution is -2.24. The van der Waals surface area contributed by atoms with Gasteiger partial charge in [-0.1, -0.05) is 0 Å². The van der Waals surface area contributed by atoms with Gasteiger partial charge in [-0.05, 0) is 19.4 Å². The summed E-state index contributed by atoms with van der Waals surface area (Å²) in [6.07, 6.45) is 6.61. The van der Waals surface area contributed by atoms with E-state index in [1.807, 2.05) is 35.2 Å². The van der Waals surface area contributed by atoms with Crippen LogP contribution in [0, 0.1) is 6.92 Å². The Morgan fingerprint density at radius 2 is 2.30 bits per heavy atom. The molecule has 0 unspecified atom stereocenters. The average molecular weight is 345 g/mol. The van der Waals surface area contributed by atoms with Gasteiger partial charge in [0.15, 0.2) is 4.96 Å². The molecular weight excluding hydrogens is 330 g/mol. The number of amides is 1. The lowest BCUT2D eigenvalue weighted by atomic mass is 10.3. The van der Waals surface area contributed by atoms with E-state index in [0.717, 1.165) is 34.1 Å². The minimum Gasteiger partial charge on any atom is -0.351 e. The Morgan fingerprint density at radius 3 is 3.13 bits per heavy atom. The number of carbonyl (C=O) groups is 1. The van der Waals surface area contributed by atoms with Gasteiger partial charge in [-0.25, -0.2) is 9.97 Å². The molecule has 0 aliphatic heterocycles. The quantitative estimate of drug-likeness (QED) is 0.566. The van der Waals surface area contributed by atoms with Crippen molar-refractivity contribution in [3.63, 3.8) is 0 Å². The Kier molecular flexibility index (Phi) is 3.62. The van der Waals surface area contributed by atoms with Crippen molar-refractivity contribution < 1.29 is 4.79 Å². The van der Waals surface area contributed by atoms with Crippen molar-refractivity contribution in [2.45, 2.75) is 19.9 Å². The molecule has 0 saturated carbocycles. The fourth-order valence-electron chi connectivity index (χ4n) is 2.54. The summed E-state index contributed by atoms with van der Waals surface area (Å²) in [7, 11) is 0. The summed E-state index contributed by atoms with van der Waals surface area (Å²) < 4.78 is 4.11. The summed E-state index contributed by atoms with van der Waals surface area (Å²) in [5, 5.41) is 4.97. The molecule has 4 aromatic rings. The standard InChI is InChI=1S/C15H15N5OS2/c1-10-16-4-6-19(10)5-2-3-17-13(21)12-9-11-14(23-12)18-15-20(11)7-8-22-15/h4,6-9H,2-3,5H2,1H3,(H,17,21). The minimum absolute atomic E-state index is 0.0284. The maximum Gasteiger partial charge on any atom is 0.261 e. The van der Waals surface area contributed by atoms with Crippen molar-refractivity contribution in [3.8, 4) is 0 Å². The molecule has 23 heavy (non-hydrogen) atoms. The van der Waals surface area contributed by atoms with Gasteiger partial charge in [-0.15, -0.1) is 22.7 Å². The zero-order valence-electron chi connectivity index (χ0n) is 12.5. The van der Waals surface area contributed by atoms with Crippen LogP contribution in [-0.2, 0) is 6.54 Å². The molecule has 0 spiro atoms. The third-order valence-corrected chi connectivity index (χ3v) is 5.52. The summed E-state index contributed by atoms with van der Waals surface area (Å²) in [5.74, 6) is 0.968. The smallest absolute Gasteiger partial charge is 0.261 e. The zero-order chi connectivity index (χ0) is 15.8. The van der Waals surface area contributed by atoms with Gasteiger partial charge in [0.25, 0.3) is 5.91 Å².